The highest BCUT2D eigenvalue weighted by molar-refractivity contribution is 7.17. The molecule has 0 bridgehead atoms. The van der Waals surface area contributed by atoms with Crippen LogP contribution in [0.4, 0.5) is 4.39 Å². The number of rotatable bonds is 3. The fourth-order valence-electron chi connectivity index (χ4n) is 3.38. The maximum atomic E-state index is 13.6. The second-order valence-corrected chi connectivity index (χ2v) is 9.51. The average molecular weight is 443 g/mol. The molecule has 0 aliphatic rings. The summed E-state index contributed by atoms with van der Waals surface area (Å²) in [5.74, 6) is -0.607. The summed E-state index contributed by atoms with van der Waals surface area (Å²) in [7, 11) is 0. The molecular weight excluding hydrogens is 423 g/mol. The molecule has 0 saturated heterocycles. The van der Waals surface area contributed by atoms with Gasteiger partial charge in [0.15, 0.2) is 0 Å². The first-order valence-electron chi connectivity index (χ1n) is 9.45. The molecule has 2 heterocycles. The van der Waals surface area contributed by atoms with Crippen molar-refractivity contribution in [1.29, 1.82) is 0 Å². The molecule has 0 N–H and O–H groups in total. The van der Waals surface area contributed by atoms with Crippen LogP contribution in [0.15, 0.2) is 63.5 Å². The van der Waals surface area contributed by atoms with Gasteiger partial charge in [0.25, 0.3) is 5.56 Å². The van der Waals surface area contributed by atoms with Gasteiger partial charge in [0.2, 0.25) is 0 Å². The molecule has 0 amide bonds. The van der Waals surface area contributed by atoms with Crippen LogP contribution in [0.2, 0.25) is 5.02 Å². The van der Waals surface area contributed by atoms with Crippen molar-refractivity contribution in [3.05, 3.63) is 96.7 Å². The van der Waals surface area contributed by atoms with E-state index in [0.29, 0.717) is 16.8 Å². The van der Waals surface area contributed by atoms with Gasteiger partial charge in [0.1, 0.15) is 10.5 Å². The Labute approximate surface area is 181 Å². The SMILES string of the molecule is CC(C)(C)c1ccc(Cn2c(=O)n(-c3ccc(F)c(Cl)c3)c(=O)c3sccc32)cc1. The van der Waals surface area contributed by atoms with Crippen LogP contribution in [-0.4, -0.2) is 9.13 Å². The molecule has 4 aromatic rings. The van der Waals surface area contributed by atoms with E-state index in [0.717, 1.165) is 16.2 Å². The van der Waals surface area contributed by atoms with Gasteiger partial charge in [-0.15, -0.1) is 11.3 Å². The summed E-state index contributed by atoms with van der Waals surface area (Å²) in [6.07, 6.45) is 0. The number of thiophene rings is 1. The second-order valence-electron chi connectivity index (χ2n) is 8.19. The van der Waals surface area contributed by atoms with E-state index in [1.807, 2.05) is 12.1 Å². The van der Waals surface area contributed by atoms with E-state index in [1.54, 1.807) is 16.0 Å². The van der Waals surface area contributed by atoms with E-state index in [-0.39, 0.29) is 16.1 Å². The van der Waals surface area contributed by atoms with Crippen molar-refractivity contribution in [2.45, 2.75) is 32.7 Å². The lowest BCUT2D eigenvalue weighted by Crippen LogP contribution is -2.38. The van der Waals surface area contributed by atoms with Crippen LogP contribution in [0.1, 0.15) is 31.9 Å². The van der Waals surface area contributed by atoms with Gasteiger partial charge >= 0.3 is 5.69 Å². The molecule has 4 rings (SSSR count). The summed E-state index contributed by atoms with van der Waals surface area (Å²) < 4.78 is 16.7. The predicted molar refractivity (Wildman–Crippen MR) is 121 cm³/mol. The van der Waals surface area contributed by atoms with Crippen molar-refractivity contribution in [1.82, 2.24) is 9.13 Å². The molecule has 30 heavy (non-hydrogen) atoms. The van der Waals surface area contributed by atoms with Crippen LogP contribution in [0, 0.1) is 5.82 Å². The first kappa shape index (κ1) is 20.6. The minimum atomic E-state index is -0.607. The average Bonchev–Trinajstić information content (AvgIpc) is 3.18. The van der Waals surface area contributed by atoms with Crippen LogP contribution in [0.25, 0.3) is 15.9 Å². The Balaban J connectivity index is 1.88. The van der Waals surface area contributed by atoms with Gasteiger partial charge in [0, 0.05) is 0 Å². The zero-order chi connectivity index (χ0) is 21.6. The predicted octanol–water partition coefficient (Wildman–Crippen LogP) is 5.35. The number of aromatic nitrogens is 2. The molecule has 0 atom stereocenters. The van der Waals surface area contributed by atoms with Gasteiger partial charge in [-0.25, -0.2) is 13.8 Å². The Morgan fingerprint density at radius 2 is 1.73 bits per heavy atom. The highest BCUT2D eigenvalue weighted by Crippen LogP contribution is 2.23. The van der Waals surface area contributed by atoms with Gasteiger partial charge in [-0.1, -0.05) is 56.6 Å². The van der Waals surface area contributed by atoms with E-state index in [4.69, 9.17) is 11.6 Å². The van der Waals surface area contributed by atoms with Crippen LogP contribution in [-0.2, 0) is 12.0 Å². The first-order valence-corrected chi connectivity index (χ1v) is 10.7. The van der Waals surface area contributed by atoms with E-state index in [2.05, 4.69) is 32.9 Å². The zero-order valence-corrected chi connectivity index (χ0v) is 18.4. The summed E-state index contributed by atoms with van der Waals surface area (Å²) in [4.78, 5) is 26.3. The van der Waals surface area contributed by atoms with Crippen LogP contribution in [0.3, 0.4) is 0 Å². The molecule has 7 heteroatoms. The van der Waals surface area contributed by atoms with Crippen molar-refractivity contribution in [2.24, 2.45) is 0 Å². The number of nitrogens with zero attached hydrogens (tertiary/aromatic N) is 2. The molecule has 2 aromatic heterocycles. The number of hydrogen-bond acceptors (Lipinski definition) is 3. The van der Waals surface area contributed by atoms with E-state index >= 15 is 0 Å². The highest BCUT2D eigenvalue weighted by Gasteiger charge is 2.17. The number of benzene rings is 2. The largest absolute Gasteiger partial charge is 0.336 e. The summed E-state index contributed by atoms with van der Waals surface area (Å²) in [5, 5.41) is 1.64. The lowest BCUT2D eigenvalue weighted by Gasteiger charge is -2.19. The molecule has 2 aromatic carbocycles. The van der Waals surface area contributed by atoms with Gasteiger partial charge < -0.3 is 0 Å². The summed E-state index contributed by atoms with van der Waals surface area (Å²) in [5.41, 5.74) is 2.07. The van der Waals surface area contributed by atoms with E-state index in [9.17, 15) is 14.0 Å². The summed E-state index contributed by atoms with van der Waals surface area (Å²) >= 11 is 7.16. The summed E-state index contributed by atoms with van der Waals surface area (Å²) in [6.45, 7) is 6.74. The van der Waals surface area contributed by atoms with Crippen LogP contribution in [0.5, 0.6) is 0 Å². The minimum Gasteiger partial charge on any atom is -0.288 e. The van der Waals surface area contributed by atoms with E-state index in [1.165, 1.54) is 29.0 Å². The third-order valence-electron chi connectivity index (χ3n) is 5.08. The van der Waals surface area contributed by atoms with Crippen molar-refractivity contribution >= 4 is 33.2 Å². The Hall–Kier alpha value is -2.70. The quantitative estimate of drug-likeness (QED) is 0.429. The topological polar surface area (TPSA) is 44.0 Å². The van der Waals surface area contributed by atoms with Crippen molar-refractivity contribution in [3.8, 4) is 5.69 Å². The Morgan fingerprint density at radius 1 is 1.03 bits per heavy atom. The van der Waals surface area contributed by atoms with E-state index < -0.39 is 17.1 Å². The molecular formula is C23H20ClFN2O2S. The summed E-state index contributed by atoms with van der Waals surface area (Å²) in [6, 6.07) is 13.7. The third-order valence-corrected chi connectivity index (χ3v) is 6.26. The fraction of sp³-hybridized carbons (Fsp3) is 0.217. The molecule has 0 fully saturated rings. The highest BCUT2D eigenvalue weighted by atomic mass is 35.5. The Morgan fingerprint density at radius 3 is 2.37 bits per heavy atom. The molecule has 0 aliphatic carbocycles. The normalized spacial score (nSPS) is 11.9. The molecule has 154 valence electrons. The lowest BCUT2D eigenvalue weighted by atomic mass is 9.87. The van der Waals surface area contributed by atoms with Crippen molar-refractivity contribution in [3.63, 3.8) is 0 Å². The van der Waals surface area contributed by atoms with Crippen molar-refractivity contribution < 1.29 is 4.39 Å². The maximum absolute atomic E-state index is 13.6. The Bertz CT molecular complexity index is 1360. The first-order chi connectivity index (χ1) is 14.2. The molecule has 0 aliphatic heterocycles. The van der Waals surface area contributed by atoms with Crippen molar-refractivity contribution in [2.75, 3.05) is 0 Å². The number of halogens is 2. The van der Waals surface area contributed by atoms with Crippen LogP contribution < -0.4 is 11.2 Å². The standard InChI is InChI=1S/C23H20ClFN2O2S/c1-23(2,3)15-6-4-14(5-7-15)13-26-19-10-11-30-20(19)21(28)27(22(26)29)16-8-9-18(25)17(24)12-16/h4-12H,13H2,1-3H3. The smallest absolute Gasteiger partial charge is 0.288 e. The molecule has 0 spiro atoms. The zero-order valence-electron chi connectivity index (χ0n) is 16.8. The second kappa shape index (κ2) is 7.52. The molecule has 0 saturated carbocycles. The maximum Gasteiger partial charge on any atom is 0.336 e. The third kappa shape index (κ3) is 3.61. The number of hydrogen-bond donors (Lipinski definition) is 0. The lowest BCUT2D eigenvalue weighted by molar-refractivity contribution is 0.589. The van der Waals surface area contributed by atoms with Gasteiger partial charge in [-0.2, -0.15) is 0 Å². The van der Waals surface area contributed by atoms with Crippen LogP contribution >= 0.6 is 22.9 Å². The number of fused-ring (bicyclic) bond motifs is 1. The molecule has 4 nitrogen and oxygen atoms in total. The Kier molecular flexibility index (Phi) is 5.16. The minimum absolute atomic E-state index is 0.0328. The molecule has 0 radical (unpaired) electrons. The van der Waals surface area contributed by atoms with Gasteiger partial charge in [0.05, 0.1) is 22.8 Å². The van der Waals surface area contributed by atoms with Gasteiger partial charge in [-0.05, 0) is 46.2 Å². The fourth-order valence-corrected chi connectivity index (χ4v) is 4.38. The monoisotopic (exact) mass is 442 g/mol. The molecule has 0 unspecified atom stereocenters. The van der Waals surface area contributed by atoms with Gasteiger partial charge in [-0.3, -0.25) is 9.36 Å².